The molecule has 3 aromatic carbocycles. The van der Waals surface area contributed by atoms with Gasteiger partial charge in [0.15, 0.2) is 0 Å². The van der Waals surface area contributed by atoms with Crippen molar-refractivity contribution in [1.29, 1.82) is 0 Å². The summed E-state index contributed by atoms with van der Waals surface area (Å²) < 4.78 is 18.9. The molecular weight excluding hydrogens is 437 g/mol. The van der Waals surface area contributed by atoms with E-state index in [-0.39, 0.29) is 10.5 Å². The van der Waals surface area contributed by atoms with Crippen LogP contribution in [0.3, 0.4) is 0 Å². The normalized spacial score (nSPS) is 13.8. The highest BCUT2D eigenvalue weighted by Crippen LogP contribution is 2.41. The van der Waals surface area contributed by atoms with Crippen molar-refractivity contribution in [2.75, 3.05) is 11.5 Å². The minimum Gasteiger partial charge on any atom is -0.494 e. The number of ether oxygens (including phenoxy) is 1. The van der Waals surface area contributed by atoms with Crippen LogP contribution in [0.15, 0.2) is 82.6 Å². The van der Waals surface area contributed by atoms with Crippen molar-refractivity contribution in [2.45, 2.75) is 11.8 Å². The first kappa shape index (κ1) is 21.2. The van der Waals surface area contributed by atoms with Gasteiger partial charge in [0.1, 0.15) is 11.6 Å². The third-order valence-corrected chi connectivity index (χ3v) is 5.96. The zero-order valence-electron chi connectivity index (χ0n) is 16.5. The van der Waals surface area contributed by atoms with Gasteiger partial charge in [0, 0.05) is 9.92 Å². The lowest BCUT2D eigenvalue weighted by atomic mass is 10.1. The molecule has 2 amide bonds. The molecule has 31 heavy (non-hydrogen) atoms. The molecule has 0 fully saturated rings. The van der Waals surface area contributed by atoms with E-state index in [1.807, 2.05) is 6.92 Å². The third-order valence-electron chi connectivity index (χ3n) is 4.61. The van der Waals surface area contributed by atoms with Crippen LogP contribution in [0.5, 0.6) is 5.75 Å². The molecule has 1 aliphatic rings. The Balaban J connectivity index is 1.75. The zero-order valence-corrected chi connectivity index (χ0v) is 18.0. The number of rotatable bonds is 6. The number of carbonyl (C=O) groups excluding carboxylic acids is 2. The van der Waals surface area contributed by atoms with Crippen LogP contribution in [0.4, 0.5) is 10.1 Å². The summed E-state index contributed by atoms with van der Waals surface area (Å²) >= 11 is 7.14. The van der Waals surface area contributed by atoms with Gasteiger partial charge in [0.2, 0.25) is 0 Å². The van der Waals surface area contributed by atoms with Gasteiger partial charge in [0.05, 0.1) is 22.8 Å². The van der Waals surface area contributed by atoms with Crippen molar-refractivity contribution < 1.29 is 18.7 Å². The van der Waals surface area contributed by atoms with Crippen LogP contribution in [0.2, 0.25) is 5.02 Å². The fourth-order valence-electron chi connectivity index (χ4n) is 3.19. The van der Waals surface area contributed by atoms with Gasteiger partial charge in [-0.1, -0.05) is 35.5 Å². The van der Waals surface area contributed by atoms with E-state index in [0.29, 0.717) is 28.6 Å². The van der Waals surface area contributed by atoms with E-state index in [0.717, 1.165) is 9.80 Å². The molecule has 0 radical (unpaired) electrons. The first-order valence-electron chi connectivity index (χ1n) is 9.53. The van der Waals surface area contributed by atoms with E-state index in [2.05, 4.69) is 0 Å². The predicted molar refractivity (Wildman–Crippen MR) is 121 cm³/mol. The number of hydrogen-bond donors (Lipinski definition) is 0. The molecule has 4 rings (SSSR count). The second-order valence-corrected chi connectivity index (χ2v) is 8.16. The zero-order chi connectivity index (χ0) is 22.0. The Kier molecular flexibility index (Phi) is 6.11. The number of thioether (sulfide) groups is 1. The highest BCUT2D eigenvalue weighted by molar-refractivity contribution is 8.04. The van der Waals surface area contributed by atoms with Crippen LogP contribution in [-0.2, 0) is 9.59 Å². The monoisotopic (exact) mass is 453 g/mol. The largest absolute Gasteiger partial charge is 0.494 e. The molecule has 156 valence electrons. The molecule has 4 nitrogen and oxygen atoms in total. The molecule has 1 heterocycles. The Labute approximate surface area is 188 Å². The molecule has 0 spiro atoms. The average Bonchev–Trinajstić information content (AvgIpc) is 3.01. The molecule has 3 aromatic rings. The minimum absolute atomic E-state index is 0.235. The van der Waals surface area contributed by atoms with Gasteiger partial charge in [-0.3, -0.25) is 9.59 Å². The number of benzene rings is 3. The second kappa shape index (κ2) is 8.96. The lowest BCUT2D eigenvalue weighted by molar-refractivity contribution is -0.119. The minimum atomic E-state index is -0.461. The molecule has 0 atom stereocenters. The van der Waals surface area contributed by atoms with Crippen LogP contribution >= 0.6 is 23.4 Å². The number of carbonyl (C=O) groups is 2. The number of amides is 2. The van der Waals surface area contributed by atoms with Gasteiger partial charge in [-0.05, 0) is 73.2 Å². The summed E-state index contributed by atoms with van der Waals surface area (Å²) in [6, 6.07) is 19.3. The van der Waals surface area contributed by atoms with Gasteiger partial charge in [-0.25, -0.2) is 9.29 Å². The summed E-state index contributed by atoms with van der Waals surface area (Å²) in [6.07, 6.45) is 0. The third kappa shape index (κ3) is 4.36. The van der Waals surface area contributed by atoms with Crippen LogP contribution in [0, 0.1) is 5.82 Å². The van der Waals surface area contributed by atoms with Crippen LogP contribution in [-0.4, -0.2) is 18.4 Å². The Morgan fingerprint density at radius 1 is 0.903 bits per heavy atom. The number of imide groups is 1. The quantitative estimate of drug-likeness (QED) is 0.432. The van der Waals surface area contributed by atoms with E-state index >= 15 is 0 Å². The highest BCUT2D eigenvalue weighted by Gasteiger charge is 2.40. The fraction of sp³-hybridized carbons (Fsp3) is 0.0833. The summed E-state index contributed by atoms with van der Waals surface area (Å²) in [5.41, 5.74) is 1.15. The Bertz CT molecular complexity index is 1160. The van der Waals surface area contributed by atoms with Gasteiger partial charge in [0.25, 0.3) is 11.8 Å². The number of nitrogens with zero attached hydrogens (tertiary/aromatic N) is 1. The lowest BCUT2D eigenvalue weighted by Crippen LogP contribution is -2.31. The Morgan fingerprint density at radius 2 is 1.55 bits per heavy atom. The van der Waals surface area contributed by atoms with Gasteiger partial charge in [-0.15, -0.1) is 0 Å². The van der Waals surface area contributed by atoms with Crippen LogP contribution < -0.4 is 9.64 Å². The van der Waals surface area contributed by atoms with Crippen molar-refractivity contribution in [3.05, 3.63) is 94.1 Å². The fourth-order valence-corrected chi connectivity index (χ4v) is 4.31. The SMILES string of the molecule is CCOc1ccc(N2C(=O)C(Sc3ccc(Cl)cc3)=C(c3ccc(F)cc3)C2=O)cc1. The first-order chi connectivity index (χ1) is 15.0. The lowest BCUT2D eigenvalue weighted by Gasteiger charge is -2.16. The molecule has 0 unspecified atom stereocenters. The molecule has 0 aromatic heterocycles. The summed E-state index contributed by atoms with van der Waals surface area (Å²) in [5, 5.41) is 0.571. The molecule has 0 saturated carbocycles. The maximum atomic E-state index is 13.5. The maximum Gasteiger partial charge on any atom is 0.272 e. The van der Waals surface area contributed by atoms with Crippen molar-refractivity contribution in [2.24, 2.45) is 0 Å². The van der Waals surface area contributed by atoms with E-state index < -0.39 is 17.6 Å². The van der Waals surface area contributed by atoms with Crippen molar-refractivity contribution >= 4 is 46.4 Å². The first-order valence-corrected chi connectivity index (χ1v) is 10.7. The van der Waals surface area contributed by atoms with Crippen molar-refractivity contribution in [1.82, 2.24) is 0 Å². The van der Waals surface area contributed by atoms with Crippen LogP contribution in [0.1, 0.15) is 12.5 Å². The van der Waals surface area contributed by atoms with Crippen molar-refractivity contribution in [3.63, 3.8) is 0 Å². The molecule has 0 N–H and O–H groups in total. The standard InChI is InChI=1S/C24H17ClFNO3S/c1-2-30-19-11-9-18(10-12-19)27-23(28)21(15-3-7-17(26)8-4-15)22(24(27)29)31-20-13-5-16(25)6-14-20/h3-14H,2H2,1H3. The predicted octanol–water partition coefficient (Wildman–Crippen LogP) is 5.95. The summed E-state index contributed by atoms with van der Waals surface area (Å²) in [6.45, 7) is 2.39. The Morgan fingerprint density at radius 3 is 2.16 bits per heavy atom. The molecule has 0 saturated heterocycles. The van der Waals surface area contributed by atoms with Crippen LogP contribution in [0.25, 0.3) is 5.57 Å². The second-order valence-electron chi connectivity index (χ2n) is 6.64. The number of hydrogen-bond acceptors (Lipinski definition) is 4. The smallest absolute Gasteiger partial charge is 0.272 e. The van der Waals surface area contributed by atoms with Gasteiger partial charge >= 0.3 is 0 Å². The number of anilines is 1. The maximum absolute atomic E-state index is 13.5. The summed E-state index contributed by atoms with van der Waals surface area (Å²) in [4.78, 5) is 28.9. The van der Waals surface area contributed by atoms with E-state index in [1.54, 1.807) is 48.5 Å². The van der Waals surface area contributed by atoms with E-state index in [1.165, 1.54) is 36.0 Å². The summed E-state index contributed by atoms with van der Waals surface area (Å²) in [5.74, 6) is -0.671. The highest BCUT2D eigenvalue weighted by atomic mass is 35.5. The molecule has 0 aliphatic carbocycles. The average molecular weight is 454 g/mol. The van der Waals surface area contributed by atoms with E-state index in [9.17, 15) is 14.0 Å². The Hall–Kier alpha value is -3.09. The molecular formula is C24H17ClFNO3S. The molecule has 7 heteroatoms. The summed E-state index contributed by atoms with van der Waals surface area (Å²) in [7, 11) is 0. The molecule has 0 bridgehead atoms. The topological polar surface area (TPSA) is 46.6 Å². The van der Waals surface area contributed by atoms with E-state index in [4.69, 9.17) is 16.3 Å². The molecule has 1 aliphatic heterocycles. The van der Waals surface area contributed by atoms with Gasteiger partial charge in [-0.2, -0.15) is 0 Å². The van der Waals surface area contributed by atoms with Crippen molar-refractivity contribution in [3.8, 4) is 5.75 Å². The van der Waals surface area contributed by atoms with Gasteiger partial charge < -0.3 is 4.74 Å². The number of halogens is 2.